The molecule has 8 heteroatoms. The molecule has 1 saturated carbocycles. The number of H-pyrrole nitrogens is 1. The van der Waals surface area contributed by atoms with Crippen molar-refractivity contribution in [2.45, 2.75) is 25.2 Å². The zero-order valence-corrected chi connectivity index (χ0v) is 10.0. The molecule has 1 amide bonds. The summed E-state index contributed by atoms with van der Waals surface area (Å²) < 4.78 is 9.54. The second kappa shape index (κ2) is 4.71. The third-order valence-electron chi connectivity index (χ3n) is 2.82. The number of aromatic amines is 1. The van der Waals surface area contributed by atoms with E-state index in [9.17, 15) is 9.59 Å². The first kappa shape index (κ1) is 11.7. The highest BCUT2D eigenvalue weighted by Gasteiger charge is 2.28. The molecule has 2 heterocycles. The first-order chi connectivity index (χ1) is 9.22. The van der Waals surface area contributed by atoms with Gasteiger partial charge >= 0.3 is 5.76 Å². The van der Waals surface area contributed by atoms with Crippen molar-refractivity contribution in [1.29, 1.82) is 0 Å². The standard InChI is InChI=1S/C11H12N4O4/c16-10(7-5-18-11(17)13-7)12-4-3-8-14-9(15-19-8)6-1-2-6/h5-6H,1-4H2,(H,12,16)(H,13,17). The van der Waals surface area contributed by atoms with Gasteiger partial charge in [-0.2, -0.15) is 4.98 Å². The molecule has 0 bridgehead atoms. The van der Waals surface area contributed by atoms with Gasteiger partial charge in [-0.3, -0.25) is 9.78 Å². The van der Waals surface area contributed by atoms with Crippen molar-refractivity contribution in [2.75, 3.05) is 6.54 Å². The molecule has 1 fully saturated rings. The van der Waals surface area contributed by atoms with E-state index in [2.05, 4.69) is 24.9 Å². The maximum atomic E-state index is 11.6. The van der Waals surface area contributed by atoms with Gasteiger partial charge in [0.05, 0.1) is 0 Å². The van der Waals surface area contributed by atoms with Crippen LogP contribution in [0.4, 0.5) is 0 Å². The Morgan fingerprint density at radius 1 is 1.53 bits per heavy atom. The van der Waals surface area contributed by atoms with Crippen LogP contribution in [0.25, 0.3) is 0 Å². The van der Waals surface area contributed by atoms with Gasteiger partial charge in [-0.25, -0.2) is 4.79 Å². The molecule has 2 aromatic rings. The lowest BCUT2D eigenvalue weighted by molar-refractivity contribution is 0.0948. The van der Waals surface area contributed by atoms with E-state index in [0.717, 1.165) is 24.9 Å². The molecule has 2 aromatic heterocycles. The van der Waals surface area contributed by atoms with E-state index in [-0.39, 0.29) is 5.69 Å². The van der Waals surface area contributed by atoms with Crippen molar-refractivity contribution in [3.63, 3.8) is 0 Å². The summed E-state index contributed by atoms with van der Waals surface area (Å²) in [6.45, 7) is 0.346. The normalized spacial score (nSPS) is 14.5. The fourth-order valence-corrected chi connectivity index (χ4v) is 1.65. The van der Waals surface area contributed by atoms with E-state index < -0.39 is 11.7 Å². The van der Waals surface area contributed by atoms with Crippen LogP contribution in [0, 0.1) is 0 Å². The Balaban J connectivity index is 1.49. The van der Waals surface area contributed by atoms with Gasteiger partial charge in [-0.1, -0.05) is 5.16 Å². The van der Waals surface area contributed by atoms with Gasteiger partial charge in [0.2, 0.25) is 5.89 Å². The molecule has 1 aliphatic carbocycles. The Labute approximate surface area is 107 Å². The van der Waals surface area contributed by atoms with E-state index >= 15 is 0 Å². The summed E-state index contributed by atoms with van der Waals surface area (Å²) in [5.74, 6) is 0.635. The van der Waals surface area contributed by atoms with Crippen LogP contribution >= 0.6 is 0 Å². The van der Waals surface area contributed by atoms with E-state index in [1.165, 1.54) is 0 Å². The Bertz CT molecular complexity index is 637. The van der Waals surface area contributed by atoms with Crippen LogP contribution in [0.15, 0.2) is 20.0 Å². The van der Waals surface area contributed by atoms with E-state index in [1.807, 2.05) is 0 Å². The minimum atomic E-state index is -0.656. The highest BCUT2D eigenvalue weighted by molar-refractivity contribution is 5.91. The van der Waals surface area contributed by atoms with Crippen molar-refractivity contribution in [2.24, 2.45) is 0 Å². The summed E-state index contributed by atoms with van der Waals surface area (Å²) in [6, 6.07) is 0. The predicted molar refractivity (Wildman–Crippen MR) is 61.6 cm³/mol. The zero-order chi connectivity index (χ0) is 13.2. The van der Waals surface area contributed by atoms with Crippen molar-refractivity contribution >= 4 is 5.91 Å². The number of oxazole rings is 1. The fraction of sp³-hybridized carbons (Fsp3) is 0.455. The Hall–Kier alpha value is -2.38. The quantitative estimate of drug-likeness (QED) is 0.797. The molecule has 2 N–H and O–H groups in total. The average molecular weight is 264 g/mol. The maximum Gasteiger partial charge on any atom is 0.416 e. The van der Waals surface area contributed by atoms with Gasteiger partial charge in [-0.15, -0.1) is 0 Å². The molecule has 100 valence electrons. The topological polar surface area (TPSA) is 114 Å². The van der Waals surface area contributed by atoms with Crippen molar-refractivity contribution < 1.29 is 13.7 Å². The second-order valence-corrected chi connectivity index (χ2v) is 4.39. The molecule has 1 aliphatic rings. The highest BCUT2D eigenvalue weighted by Crippen LogP contribution is 2.38. The summed E-state index contributed by atoms with van der Waals surface area (Å²) in [7, 11) is 0. The summed E-state index contributed by atoms with van der Waals surface area (Å²) in [5, 5.41) is 6.49. The lowest BCUT2D eigenvalue weighted by atomic mass is 10.3. The number of nitrogens with one attached hydrogen (secondary N) is 2. The number of amides is 1. The highest BCUT2D eigenvalue weighted by atomic mass is 16.5. The number of nitrogens with zero attached hydrogens (tertiary/aromatic N) is 2. The van der Waals surface area contributed by atoms with Crippen molar-refractivity contribution in [3.05, 3.63) is 34.2 Å². The van der Waals surface area contributed by atoms with Crippen LogP contribution in [0.3, 0.4) is 0 Å². The van der Waals surface area contributed by atoms with Gasteiger partial charge in [0, 0.05) is 18.9 Å². The fourth-order valence-electron chi connectivity index (χ4n) is 1.65. The minimum Gasteiger partial charge on any atom is -0.416 e. The van der Waals surface area contributed by atoms with Gasteiger partial charge in [0.15, 0.2) is 5.82 Å². The number of hydrogen-bond acceptors (Lipinski definition) is 6. The molecule has 0 radical (unpaired) electrons. The summed E-state index contributed by atoms with van der Waals surface area (Å²) in [6.07, 6.45) is 3.76. The van der Waals surface area contributed by atoms with Crippen molar-refractivity contribution in [3.8, 4) is 0 Å². The third kappa shape index (κ3) is 2.72. The number of hydrogen-bond donors (Lipinski definition) is 2. The first-order valence-corrected chi connectivity index (χ1v) is 6.01. The SMILES string of the molecule is O=C(NCCc1nc(C2CC2)no1)c1coc(=O)[nH]1. The molecule has 0 spiro atoms. The summed E-state index contributed by atoms with van der Waals surface area (Å²) in [5.41, 5.74) is 0.0919. The Morgan fingerprint density at radius 3 is 3.05 bits per heavy atom. The molecule has 19 heavy (non-hydrogen) atoms. The second-order valence-electron chi connectivity index (χ2n) is 4.39. The molecule has 0 atom stereocenters. The zero-order valence-electron chi connectivity index (χ0n) is 10.0. The lowest BCUT2D eigenvalue weighted by Gasteiger charge is -1.99. The molecule has 0 unspecified atom stereocenters. The van der Waals surface area contributed by atoms with Crippen LogP contribution in [0.2, 0.25) is 0 Å². The first-order valence-electron chi connectivity index (χ1n) is 6.01. The van der Waals surface area contributed by atoms with Crippen LogP contribution in [-0.4, -0.2) is 27.6 Å². The number of aromatic nitrogens is 3. The van der Waals surface area contributed by atoms with Crippen LogP contribution in [-0.2, 0) is 6.42 Å². The van der Waals surface area contributed by atoms with E-state index in [1.54, 1.807) is 0 Å². The van der Waals surface area contributed by atoms with E-state index in [0.29, 0.717) is 24.8 Å². The number of carbonyl (C=O) groups is 1. The monoisotopic (exact) mass is 264 g/mol. The minimum absolute atomic E-state index is 0.0919. The lowest BCUT2D eigenvalue weighted by Crippen LogP contribution is -2.26. The number of rotatable bonds is 5. The number of carbonyl (C=O) groups excluding carboxylic acids is 1. The summed E-state index contributed by atoms with van der Waals surface area (Å²) in [4.78, 5) is 28.8. The molecular formula is C11H12N4O4. The third-order valence-corrected chi connectivity index (χ3v) is 2.82. The molecule has 0 aromatic carbocycles. The van der Waals surface area contributed by atoms with Gasteiger partial charge in [0.1, 0.15) is 12.0 Å². The molecule has 3 rings (SSSR count). The maximum absolute atomic E-state index is 11.6. The van der Waals surface area contributed by atoms with Gasteiger partial charge < -0.3 is 14.3 Å². The molecule has 0 aliphatic heterocycles. The average Bonchev–Trinajstić information content (AvgIpc) is 2.98. The van der Waals surface area contributed by atoms with Crippen LogP contribution < -0.4 is 11.1 Å². The van der Waals surface area contributed by atoms with Gasteiger partial charge in [-0.05, 0) is 12.8 Å². The Kier molecular flexibility index (Phi) is 2.90. The largest absolute Gasteiger partial charge is 0.416 e. The van der Waals surface area contributed by atoms with Crippen LogP contribution in [0.1, 0.15) is 41.0 Å². The van der Waals surface area contributed by atoms with Crippen LogP contribution in [0.5, 0.6) is 0 Å². The van der Waals surface area contributed by atoms with Crippen molar-refractivity contribution in [1.82, 2.24) is 20.4 Å². The smallest absolute Gasteiger partial charge is 0.416 e. The molecular weight excluding hydrogens is 252 g/mol. The summed E-state index contributed by atoms with van der Waals surface area (Å²) >= 11 is 0. The molecule has 0 saturated heterocycles. The van der Waals surface area contributed by atoms with E-state index in [4.69, 9.17) is 4.52 Å². The predicted octanol–water partition coefficient (Wildman–Crippen LogP) is 0.201. The Morgan fingerprint density at radius 2 is 2.37 bits per heavy atom. The van der Waals surface area contributed by atoms with Gasteiger partial charge in [0.25, 0.3) is 5.91 Å². The molecule has 8 nitrogen and oxygen atoms in total.